The molecule has 0 aromatic heterocycles. The molecule has 0 saturated carbocycles. The molecule has 1 aromatic rings. The highest BCUT2D eigenvalue weighted by Gasteiger charge is 2.05. The van der Waals surface area contributed by atoms with Gasteiger partial charge in [0.1, 0.15) is 0 Å². The summed E-state index contributed by atoms with van der Waals surface area (Å²) in [7, 11) is 2.54. The molecule has 0 atom stereocenters. The molecule has 0 aliphatic rings. The van der Waals surface area contributed by atoms with Crippen LogP contribution in [0.4, 0.5) is 0 Å². The second kappa shape index (κ2) is 9.05. The molecule has 18 heavy (non-hydrogen) atoms. The van der Waals surface area contributed by atoms with Crippen molar-refractivity contribution in [3.63, 3.8) is 0 Å². The number of methoxy groups -OCH3 is 2. The second-order valence-corrected chi connectivity index (χ2v) is 5.44. The number of hydrogen-bond acceptors (Lipinski definition) is 3. The molecular weight excluding hydrogens is 244 g/mol. The largest absolute Gasteiger partial charge is 0.418 e. The first-order valence-electron chi connectivity index (χ1n) is 6.15. The Bertz CT molecular complexity index is 351. The lowest BCUT2D eigenvalue weighted by molar-refractivity contribution is -0.0527. The Kier molecular flexibility index (Phi) is 7.60. The Morgan fingerprint density at radius 3 is 2.78 bits per heavy atom. The predicted molar refractivity (Wildman–Crippen MR) is 77.2 cm³/mol. The molecule has 0 spiro atoms. The van der Waals surface area contributed by atoms with Crippen LogP contribution in [0.1, 0.15) is 17.5 Å². The topological polar surface area (TPSA) is 27.7 Å². The van der Waals surface area contributed by atoms with Crippen LogP contribution in [0.5, 0.6) is 0 Å². The minimum Gasteiger partial charge on any atom is -0.418 e. The molecule has 4 heteroatoms. The van der Waals surface area contributed by atoms with Crippen molar-refractivity contribution in [2.24, 2.45) is 0 Å². The van der Waals surface area contributed by atoms with Crippen molar-refractivity contribution in [1.29, 1.82) is 0 Å². The fourth-order valence-electron chi connectivity index (χ4n) is 1.67. The van der Waals surface area contributed by atoms with E-state index in [0.29, 0.717) is 0 Å². The standard InChI is InChI=1S/C14H22O3Si/c1-4-12-7-5-8-13(11-12)9-6-10-17-18-14(15-2)16-3/h4-5,7-8,11,14H,1,6,9-10,18H2,2-3H3. The van der Waals surface area contributed by atoms with Crippen LogP contribution in [-0.4, -0.2) is 36.5 Å². The van der Waals surface area contributed by atoms with Gasteiger partial charge in [-0.3, -0.25) is 0 Å². The van der Waals surface area contributed by atoms with Gasteiger partial charge < -0.3 is 13.9 Å². The van der Waals surface area contributed by atoms with Crippen LogP contribution in [0.3, 0.4) is 0 Å². The maximum atomic E-state index is 5.62. The Hall–Kier alpha value is -0.943. The first-order chi connectivity index (χ1) is 8.80. The zero-order valence-corrected chi connectivity index (χ0v) is 12.6. The van der Waals surface area contributed by atoms with Gasteiger partial charge >= 0.3 is 0 Å². The number of rotatable bonds is 9. The molecule has 1 rings (SSSR count). The zero-order chi connectivity index (χ0) is 13.2. The normalized spacial score (nSPS) is 11.5. The number of aryl methyl sites for hydroxylation is 1. The highest BCUT2D eigenvalue weighted by molar-refractivity contribution is 6.28. The van der Waals surface area contributed by atoms with E-state index in [0.717, 1.165) is 19.4 Å². The van der Waals surface area contributed by atoms with Crippen molar-refractivity contribution in [2.45, 2.75) is 18.8 Å². The molecule has 0 amide bonds. The van der Waals surface area contributed by atoms with E-state index in [1.54, 1.807) is 14.2 Å². The number of ether oxygens (including phenoxy) is 2. The van der Waals surface area contributed by atoms with Gasteiger partial charge in [0.25, 0.3) is 0 Å². The summed E-state index contributed by atoms with van der Waals surface area (Å²) in [5.41, 5.74) is 2.49. The number of hydrogen-bond donors (Lipinski definition) is 0. The second-order valence-electron chi connectivity index (χ2n) is 4.03. The third-order valence-electron chi connectivity index (χ3n) is 2.72. The molecule has 0 unspecified atom stereocenters. The van der Waals surface area contributed by atoms with Gasteiger partial charge in [0.05, 0.1) is 0 Å². The van der Waals surface area contributed by atoms with E-state index >= 15 is 0 Å². The summed E-state index contributed by atoms with van der Waals surface area (Å²) in [5, 5.41) is 0. The van der Waals surface area contributed by atoms with Crippen molar-refractivity contribution in [2.75, 3.05) is 20.8 Å². The van der Waals surface area contributed by atoms with E-state index in [-0.39, 0.29) is 5.91 Å². The summed E-state index contributed by atoms with van der Waals surface area (Å²) < 4.78 is 15.8. The van der Waals surface area contributed by atoms with Crippen LogP contribution < -0.4 is 0 Å². The fourth-order valence-corrected chi connectivity index (χ4v) is 2.50. The molecule has 1 aromatic carbocycles. The third-order valence-corrected chi connectivity index (χ3v) is 4.18. The Morgan fingerprint density at radius 1 is 1.33 bits per heavy atom. The maximum absolute atomic E-state index is 5.62. The van der Waals surface area contributed by atoms with Crippen LogP contribution in [0, 0.1) is 0 Å². The molecule has 0 fully saturated rings. The lowest BCUT2D eigenvalue weighted by atomic mass is 10.1. The summed E-state index contributed by atoms with van der Waals surface area (Å²) in [6.07, 6.45) is 3.92. The lowest BCUT2D eigenvalue weighted by Gasteiger charge is -2.12. The molecule has 0 saturated heterocycles. The number of benzene rings is 1. The first kappa shape index (κ1) is 15.1. The van der Waals surface area contributed by atoms with Gasteiger partial charge in [-0.1, -0.05) is 36.9 Å². The fraction of sp³-hybridized carbons (Fsp3) is 0.429. The van der Waals surface area contributed by atoms with Gasteiger partial charge in [-0.05, 0) is 24.0 Å². The summed E-state index contributed by atoms with van der Waals surface area (Å²) >= 11 is 0. The van der Waals surface area contributed by atoms with Gasteiger partial charge in [0, 0.05) is 20.8 Å². The summed E-state index contributed by atoms with van der Waals surface area (Å²) in [6, 6.07) is 8.42. The van der Waals surface area contributed by atoms with Crippen LogP contribution in [0.2, 0.25) is 0 Å². The Morgan fingerprint density at radius 2 is 2.11 bits per heavy atom. The van der Waals surface area contributed by atoms with E-state index in [4.69, 9.17) is 13.9 Å². The van der Waals surface area contributed by atoms with Crippen LogP contribution in [-0.2, 0) is 20.3 Å². The monoisotopic (exact) mass is 266 g/mol. The van der Waals surface area contributed by atoms with Gasteiger partial charge in [0.15, 0.2) is 5.91 Å². The highest BCUT2D eigenvalue weighted by Crippen LogP contribution is 2.08. The molecule has 0 bridgehead atoms. The highest BCUT2D eigenvalue weighted by atomic mass is 28.2. The van der Waals surface area contributed by atoms with Crippen LogP contribution in [0.25, 0.3) is 6.08 Å². The van der Waals surface area contributed by atoms with Gasteiger partial charge in [0.2, 0.25) is 9.76 Å². The van der Waals surface area contributed by atoms with E-state index in [1.165, 1.54) is 11.1 Å². The Labute approximate surface area is 112 Å². The predicted octanol–water partition coefficient (Wildman–Crippen LogP) is 1.94. The van der Waals surface area contributed by atoms with Crippen LogP contribution >= 0.6 is 0 Å². The van der Waals surface area contributed by atoms with Crippen molar-refractivity contribution in [1.82, 2.24) is 0 Å². The SMILES string of the molecule is C=Cc1cccc(CCCO[SiH2]C(OC)OC)c1. The summed E-state index contributed by atoms with van der Waals surface area (Å²) in [6.45, 7) is 4.54. The smallest absolute Gasteiger partial charge is 0.223 e. The van der Waals surface area contributed by atoms with Crippen molar-refractivity contribution in [3.05, 3.63) is 42.0 Å². The van der Waals surface area contributed by atoms with Crippen molar-refractivity contribution < 1.29 is 13.9 Å². The van der Waals surface area contributed by atoms with Crippen molar-refractivity contribution in [3.8, 4) is 0 Å². The summed E-state index contributed by atoms with van der Waals surface area (Å²) in [4.78, 5) is 0. The van der Waals surface area contributed by atoms with E-state index in [9.17, 15) is 0 Å². The molecule has 0 radical (unpaired) electrons. The molecule has 0 aliphatic carbocycles. The molecule has 100 valence electrons. The molecular formula is C14H22O3Si. The third kappa shape index (κ3) is 5.60. The van der Waals surface area contributed by atoms with Gasteiger partial charge in [-0.15, -0.1) is 0 Å². The van der Waals surface area contributed by atoms with E-state index in [1.807, 2.05) is 6.08 Å². The first-order valence-corrected chi connectivity index (χ1v) is 7.54. The average Bonchev–Trinajstić information content (AvgIpc) is 2.43. The Balaban J connectivity index is 2.19. The average molecular weight is 266 g/mol. The summed E-state index contributed by atoms with van der Waals surface area (Å²) in [5.74, 6) is -0.130. The molecule has 0 heterocycles. The molecule has 0 N–H and O–H groups in total. The quantitative estimate of drug-likeness (QED) is 0.388. The van der Waals surface area contributed by atoms with Crippen LogP contribution in [0.15, 0.2) is 30.8 Å². The van der Waals surface area contributed by atoms with Gasteiger partial charge in [-0.25, -0.2) is 0 Å². The maximum Gasteiger partial charge on any atom is 0.223 e. The molecule has 3 nitrogen and oxygen atoms in total. The lowest BCUT2D eigenvalue weighted by Crippen LogP contribution is -2.24. The van der Waals surface area contributed by atoms with Crippen molar-refractivity contribution >= 4 is 15.8 Å². The zero-order valence-electron chi connectivity index (χ0n) is 11.2. The minimum absolute atomic E-state index is 0.130. The van der Waals surface area contributed by atoms with E-state index < -0.39 is 9.76 Å². The molecule has 0 aliphatic heterocycles. The van der Waals surface area contributed by atoms with E-state index in [2.05, 4.69) is 30.8 Å². The van der Waals surface area contributed by atoms with Gasteiger partial charge in [-0.2, -0.15) is 0 Å². The minimum atomic E-state index is -0.748.